The standard InChI is InChI=1S/C20H36O4/c1-3-5-7-9-11-13-15-17(19(21)22)18(20(23)24)16-14-12-10-8-6-4-2/h3-16H2,1-2H3,(H,21,22)(H,23,24). The number of carbonyl (C=O) groups is 2. The van der Waals surface area contributed by atoms with Crippen molar-refractivity contribution in [3.63, 3.8) is 0 Å². The van der Waals surface area contributed by atoms with E-state index in [0.29, 0.717) is 12.8 Å². The Balaban J connectivity index is 4.44. The number of hydrogen-bond acceptors (Lipinski definition) is 2. The van der Waals surface area contributed by atoms with Gasteiger partial charge in [0.25, 0.3) is 0 Å². The summed E-state index contributed by atoms with van der Waals surface area (Å²) in [5.74, 6) is -2.13. The molecule has 0 fully saturated rings. The summed E-state index contributed by atoms with van der Waals surface area (Å²) in [4.78, 5) is 22.9. The van der Waals surface area contributed by atoms with Crippen molar-refractivity contribution in [3.8, 4) is 0 Å². The van der Waals surface area contributed by atoms with Crippen LogP contribution in [0.5, 0.6) is 0 Å². The Labute approximate surface area is 147 Å². The van der Waals surface area contributed by atoms with E-state index in [2.05, 4.69) is 13.8 Å². The van der Waals surface area contributed by atoms with Crippen LogP contribution in [0.25, 0.3) is 0 Å². The highest BCUT2D eigenvalue weighted by Gasteiger charge is 2.19. The molecular weight excluding hydrogens is 304 g/mol. The minimum Gasteiger partial charge on any atom is -0.478 e. The van der Waals surface area contributed by atoms with Crippen molar-refractivity contribution in [1.29, 1.82) is 0 Å². The van der Waals surface area contributed by atoms with Crippen molar-refractivity contribution in [2.45, 2.75) is 104 Å². The summed E-state index contributed by atoms with van der Waals surface area (Å²) in [5, 5.41) is 18.8. The number of unbranched alkanes of at least 4 members (excludes halogenated alkanes) is 10. The smallest absolute Gasteiger partial charge is 0.332 e. The molecule has 0 heterocycles. The van der Waals surface area contributed by atoms with E-state index in [1.807, 2.05) is 0 Å². The molecule has 24 heavy (non-hydrogen) atoms. The van der Waals surface area contributed by atoms with Crippen LogP contribution in [0, 0.1) is 0 Å². The average Bonchev–Trinajstić information content (AvgIpc) is 2.54. The maximum Gasteiger partial charge on any atom is 0.332 e. The van der Waals surface area contributed by atoms with E-state index >= 15 is 0 Å². The first-order chi connectivity index (χ1) is 11.5. The number of carboxylic acids is 2. The minimum atomic E-state index is -1.06. The van der Waals surface area contributed by atoms with Gasteiger partial charge in [0.1, 0.15) is 0 Å². The molecule has 0 atom stereocenters. The van der Waals surface area contributed by atoms with Crippen LogP contribution in [0.2, 0.25) is 0 Å². The van der Waals surface area contributed by atoms with Gasteiger partial charge in [0.15, 0.2) is 0 Å². The summed E-state index contributed by atoms with van der Waals surface area (Å²) in [6, 6.07) is 0. The number of aliphatic carboxylic acids is 2. The van der Waals surface area contributed by atoms with Crippen LogP contribution in [0.4, 0.5) is 0 Å². The Kier molecular flexibility index (Phi) is 14.4. The van der Waals surface area contributed by atoms with Crippen LogP contribution >= 0.6 is 0 Å². The van der Waals surface area contributed by atoms with E-state index in [4.69, 9.17) is 0 Å². The van der Waals surface area contributed by atoms with Crippen LogP contribution in [-0.2, 0) is 9.59 Å². The molecule has 2 N–H and O–H groups in total. The summed E-state index contributed by atoms with van der Waals surface area (Å²) < 4.78 is 0. The first-order valence-electron chi connectivity index (χ1n) is 9.73. The predicted molar refractivity (Wildman–Crippen MR) is 98.3 cm³/mol. The fourth-order valence-corrected chi connectivity index (χ4v) is 2.94. The van der Waals surface area contributed by atoms with E-state index in [1.165, 1.54) is 38.5 Å². The molecule has 4 nitrogen and oxygen atoms in total. The van der Waals surface area contributed by atoms with Crippen molar-refractivity contribution < 1.29 is 19.8 Å². The molecule has 0 aliphatic heterocycles. The van der Waals surface area contributed by atoms with Gasteiger partial charge in [0.2, 0.25) is 0 Å². The average molecular weight is 341 g/mol. The van der Waals surface area contributed by atoms with Crippen LogP contribution in [0.15, 0.2) is 11.1 Å². The van der Waals surface area contributed by atoms with Gasteiger partial charge in [-0.1, -0.05) is 78.1 Å². The number of hydrogen-bond donors (Lipinski definition) is 2. The third-order valence-electron chi connectivity index (χ3n) is 4.44. The second-order valence-electron chi connectivity index (χ2n) is 6.60. The van der Waals surface area contributed by atoms with Gasteiger partial charge in [-0.05, 0) is 25.7 Å². The lowest BCUT2D eigenvalue weighted by molar-refractivity contribution is -0.136. The van der Waals surface area contributed by atoms with Crippen molar-refractivity contribution in [2.24, 2.45) is 0 Å². The zero-order chi connectivity index (χ0) is 18.2. The van der Waals surface area contributed by atoms with Gasteiger partial charge in [0, 0.05) is 11.1 Å². The quantitative estimate of drug-likeness (QED) is 0.269. The third-order valence-corrected chi connectivity index (χ3v) is 4.44. The van der Waals surface area contributed by atoms with Crippen LogP contribution < -0.4 is 0 Å². The number of rotatable bonds is 16. The molecule has 0 rings (SSSR count). The molecule has 0 aliphatic rings. The maximum absolute atomic E-state index is 11.5. The van der Waals surface area contributed by atoms with E-state index in [9.17, 15) is 19.8 Å². The lowest BCUT2D eigenvalue weighted by Crippen LogP contribution is -2.12. The first kappa shape index (κ1) is 22.7. The van der Waals surface area contributed by atoms with E-state index in [-0.39, 0.29) is 11.1 Å². The van der Waals surface area contributed by atoms with Crippen LogP contribution in [0.1, 0.15) is 104 Å². The van der Waals surface area contributed by atoms with Gasteiger partial charge in [0.05, 0.1) is 0 Å². The predicted octanol–water partition coefficient (Wildman–Crippen LogP) is 5.95. The van der Waals surface area contributed by atoms with Gasteiger partial charge < -0.3 is 10.2 Å². The summed E-state index contributed by atoms with van der Waals surface area (Å²) >= 11 is 0. The second kappa shape index (κ2) is 15.2. The SMILES string of the molecule is CCCCCCCCC(C(=O)O)=C(CCCCCCCC)C(=O)O. The molecule has 140 valence electrons. The highest BCUT2D eigenvalue weighted by atomic mass is 16.4. The maximum atomic E-state index is 11.5. The Bertz CT molecular complexity index is 349. The fourth-order valence-electron chi connectivity index (χ4n) is 2.94. The first-order valence-corrected chi connectivity index (χ1v) is 9.73. The molecule has 0 saturated heterocycles. The molecule has 0 unspecified atom stereocenters. The molecule has 0 aromatic carbocycles. The van der Waals surface area contributed by atoms with Gasteiger partial charge in [-0.2, -0.15) is 0 Å². The van der Waals surface area contributed by atoms with E-state index < -0.39 is 11.9 Å². The fraction of sp³-hybridized carbons (Fsp3) is 0.800. The summed E-state index contributed by atoms with van der Waals surface area (Å²) in [7, 11) is 0. The van der Waals surface area contributed by atoms with Crippen molar-refractivity contribution in [3.05, 3.63) is 11.1 Å². The molecule has 0 radical (unpaired) electrons. The van der Waals surface area contributed by atoms with Crippen molar-refractivity contribution in [2.75, 3.05) is 0 Å². The van der Waals surface area contributed by atoms with Gasteiger partial charge in [-0.15, -0.1) is 0 Å². The highest BCUT2D eigenvalue weighted by molar-refractivity contribution is 5.98. The lowest BCUT2D eigenvalue weighted by Gasteiger charge is -2.09. The normalized spacial score (nSPS) is 12.1. The summed E-state index contributed by atoms with van der Waals surface area (Å²) in [5.41, 5.74) is 0.234. The number of carboxylic acid groups (broad SMARTS) is 2. The molecule has 0 spiro atoms. The Morgan fingerprint density at radius 1 is 0.542 bits per heavy atom. The van der Waals surface area contributed by atoms with E-state index in [0.717, 1.165) is 38.5 Å². The zero-order valence-corrected chi connectivity index (χ0v) is 15.6. The highest BCUT2D eigenvalue weighted by Crippen LogP contribution is 2.21. The molecule has 0 amide bonds. The lowest BCUT2D eigenvalue weighted by atomic mass is 9.96. The molecule has 0 aromatic heterocycles. The van der Waals surface area contributed by atoms with Crippen molar-refractivity contribution in [1.82, 2.24) is 0 Å². The van der Waals surface area contributed by atoms with E-state index in [1.54, 1.807) is 0 Å². The summed E-state index contributed by atoms with van der Waals surface area (Å²) in [6.07, 6.45) is 13.5. The molecular formula is C20H36O4. The van der Waals surface area contributed by atoms with Crippen LogP contribution in [-0.4, -0.2) is 22.2 Å². The molecule has 4 heteroatoms. The van der Waals surface area contributed by atoms with Gasteiger partial charge in [-0.25, -0.2) is 9.59 Å². The topological polar surface area (TPSA) is 74.6 Å². The van der Waals surface area contributed by atoms with Crippen LogP contribution in [0.3, 0.4) is 0 Å². The van der Waals surface area contributed by atoms with Gasteiger partial charge in [-0.3, -0.25) is 0 Å². The molecule has 0 aliphatic carbocycles. The largest absolute Gasteiger partial charge is 0.478 e. The zero-order valence-electron chi connectivity index (χ0n) is 15.6. The third kappa shape index (κ3) is 11.3. The molecule has 0 saturated carbocycles. The van der Waals surface area contributed by atoms with Gasteiger partial charge >= 0.3 is 11.9 Å². The Morgan fingerprint density at radius 2 is 0.833 bits per heavy atom. The molecule has 0 bridgehead atoms. The monoisotopic (exact) mass is 340 g/mol. The molecule has 0 aromatic rings. The second-order valence-corrected chi connectivity index (χ2v) is 6.60. The Morgan fingerprint density at radius 3 is 1.12 bits per heavy atom. The van der Waals surface area contributed by atoms with Crippen molar-refractivity contribution >= 4 is 11.9 Å². The summed E-state index contributed by atoms with van der Waals surface area (Å²) in [6.45, 7) is 4.32. The Hall–Kier alpha value is -1.32. The minimum absolute atomic E-state index is 0.117.